The van der Waals surface area contributed by atoms with Crippen LogP contribution in [0, 0.1) is 13.8 Å². The molecule has 0 aliphatic carbocycles. The summed E-state index contributed by atoms with van der Waals surface area (Å²) in [6.07, 6.45) is 3.75. The minimum absolute atomic E-state index is 0.267. The third-order valence-corrected chi connectivity index (χ3v) is 4.08. The van der Waals surface area contributed by atoms with Gasteiger partial charge >= 0.3 is 0 Å². The van der Waals surface area contributed by atoms with Gasteiger partial charge in [0.25, 0.3) is 0 Å². The molecule has 2 heteroatoms. The fourth-order valence-corrected chi connectivity index (χ4v) is 2.60. The molecule has 2 nitrogen and oxygen atoms in total. The van der Waals surface area contributed by atoms with Crippen LogP contribution in [0.25, 0.3) is 10.8 Å². The van der Waals surface area contributed by atoms with E-state index in [4.69, 9.17) is 0 Å². The lowest BCUT2D eigenvalue weighted by Crippen LogP contribution is -2.07. The maximum atomic E-state index is 4.18. The van der Waals surface area contributed by atoms with Gasteiger partial charge in [0.2, 0.25) is 0 Å². The van der Waals surface area contributed by atoms with Crippen LogP contribution in [-0.2, 0) is 0 Å². The van der Waals surface area contributed by atoms with E-state index in [1.807, 2.05) is 12.4 Å². The second-order valence-electron chi connectivity index (χ2n) is 5.61. The van der Waals surface area contributed by atoms with Crippen molar-refractivity contribution in [3.63, 3.8) is 0 Å². The van der Waals surface area contributed by atoms with Gasteiger partial charge in [0.1, 0.15) is 0 Å². The molecule has 1 unspecified atom stereocenters. The SMILES string of the molecule is Cc1ccc(C(C)Nc2cccc3cnccc23)cc1C. The molecule has 0 saturated heterocycles. The molecule has 0 aliphatic heterocycles. The standard InChI is InChI=1S/C19H20N2/c1-13-7-8-16(11-14(13)2)15(3)21-19-6-4-5-17-12-20-10-9-18(17)19/h4-12,15,21H,1-3H3. The number of hydrogen-bond acceptors (Lipinski definition) is 2. The van der Waals surface area contributed by atoms with Crippen molar-refractivity contribution < 1.29 is 0 Å². The summed E-state index contributed by atoms with van der Waals surface area (Å²) in [6.45, 7) is 6.51. The van der Waals surface area contributed by atoms with E-state index < -0.39 is 0 Å². The van der Waals surface area contributed by atoms with E-state index in [1.54, 1.807) is 0 Å². The maximum absolute atomic E-state index is 4.18. The molecule has 1 heterocycles. The Balaban J connectivity index is 1.92. The maximum Gasteiger partial charge on any atom is 0.0485 e. The molecule has 3 rings (SSSR count). The van der Waals surface area contributed by atoms with E-state index in [2.05, 4.69) is 73.5 Å². The molecule has 0 amide bonds. The van der Waals surface area contributed by atoms with Gasteiger partial charge in [-0.2, -0.15) is 0 Å². The molecule has 0 aliphatic rings. The highest BCUT2D eigenvalue weighted by Gasteiger charge is 2.08. The van der Waals surface area contributed by atoms with Gasteiger partial charge in [0.05, 0.1) is 0 Å². The number of hydrogen-bond donors (Lipinski definition) is 1. The monoisotopic (exact) mass is 276 g/mol. The highest BCUT2D eigenvalue weighted by molar-refractivity contribution is 5.93. The fraction of sp³-hybridized carbons (Fsp3) is 0.211. The third kappa shape index (κ3) is 2.75. The predicted molar refractivity (Wildman–Crippen MR) is 89.7 cm³/mol. The van der Waals surface area contributed by atoms with Crippen molar-refractivity contribution in [1.82, 2.24) is 4.98 Å². The summed E-state index contributed by atoms with van der Waals surface area (Å²) in [5.41, 5.74) is 5.13. The number of aromatic nitrogens is 1. The van der Waals surface area contributed by atoms with E-state index in [0.717, 1.165) is 11.1 Å². The van der Waals surface area contributed by atoms with Crippen molar-refractivity contribution in [2.75, 3.05) is 5.32 Å². The molecule has 1 atom stereocenters. The number of anilines is 1. The molecule has 106 valence electrons. The molecule has 2 aromatic carbocycles. The molecule has 0 spiro atoms. The molecular formula is C19H20N2. The van der Waals surface area contributed by atoms with Crippen LogP contribution in [0.15, 0.2) is 54.9 Å². The summed E-state index contributed by atoms with van der Waals surface area (Å²) in [6, 6.07) is 15.3. The predicted octanol–water partition coefficient (Wildman–Crippen LogP) is 5.02. The third-order valence-electron chi connectivity index (χ3n) is 4.08. The van der Waals surface area contributed by atoms with E-state index in [1.165, 1.54) is 22.1 Å². The number of pyridine rings is 1. The Hall–Kier alpha value is -2.35. The van der Waals surface area contributed by atoms with Crippen LogP contribution >= 0.6 is 0 Å². The zero-order valence-electron chi connectivity index (χ0n) is 12.7. The Labute approximate surface area is 125 Å². The number of nitrogens with zero attached hydrogens (tertiary/aromatic N) is 1. The first-order chi connectivity index (χ1) is 10.1. The van der Waals surface area contributed by atoms with Crippen LogP contribution in [0.1, 0.15) is 29.7 Å². The van der Waals surface area contributed by atoms with Crippen LogP contribution in [0.2, 0.25) is 0 Å². The number of aryl methyl sites for hydroxylation is 2. The van der Waals surface area contributed by atoms with E-state index in [-0.39, 0.29) is 6.04 Å². The number of fused-ring (bicyclic) bond motifs is 1. The van der Waals surface area contributed by atoms with Crippen molar-refractivity contribution >= 4 is 16.5 Å². The number of nitrogens with one attached hydrogen (secondary N) is 1. The van der Waals surface area contributed by atoms with Crippen LogP contribution in [0.5, 0.6) is 0 Å². The smallest absolute Gasteiger partial charge is 0.0485 e. The minimum Gasteiger partial charge on any atom is -0.378 e. The second kappa shape index (κ2) is 5.57. The average Bonchev–Trinajstić information content (AvgIpc) is 2.50. The van der Waals surface area contributed by atoms with Gasteiger partial charge in [-0.15, -0.1) is 0 Å². The van der Waals surface area contributed by atoms with Gasteiger partial charge in [-0.3, -0.25) is 4.98 Å². The van der Waals surface area contributed by atoms with E-state index >= 15 is 0 Å². The first kappa shape index (κ1) is 13.6. The van der Waals surface area contributed by atoms with Crippen LogP contribution < -0.4 is 5.32 Å². The second-order valence-corrected chi connectivity index (χ2v) is 5.61. The van der Waals surface area contributed by atoms with Crippen molar-refractivity contribution in [2.24, 2.45) is 0 Å². The highest BCUT2D eigenvalue weighted by atomic mass is 14.9. The zero-order valence-corrected chi connectivity index (χ0v) is 12.7. The molecule has 21 heavy (non-hydrogen) atoms. The van der Waals surface area contributed by atoms with Crippen molar-refractivity contribution in [3.05, 3.63) is 71.5 Å². The molecule has 1 aromatic heterocycles. The number of rotatable bonds is 3. The van der Waals surface area contributed by atoms with Crippen LogP contribution in [0.4, 0.5) is 5.69 Å². The summed E-state index contributed by atoms with van der Waals surface area (Å²) < 4.78 is 0. The van der Waals surface area contributed by atoms with Gasteiger partial charge in [-0.05, 0) is 49.6 Å². The number of benzene rings is 2. The van der Waals surface area contributed by atoms with Gasteiger partial charge < -0.3 is 5.32 Å². The lowest BCUT2D eigenvalue weighted by Gasteiger charge is -2.18. The summed E-state index contributed by atoms with van der Waals surface area (Å²) >= 11 is 0. The summed E-state index contributed by atoms with van der Waals surface area (Å²) in [5.74, 6) is 0. The van der Waals surface area contributed by atoms with E-state index in [9.17, 15) is 0 Å². The summed E-state index contributed by atoms with van der Waals surface area (Å²) in [7, 11) is 0. The summed E-state index contributed by atoms with van der Waals surface area (Å²) in [4.78, 5) is 4.18. The molecule has 0 fully saturated rings. The molecule has 0 bridgehead atoms. The lowest BCUT2D eigenvalue weighted by atomic mass is 10.0. The first-order valence-corrected chi connectivity index (χ1v) is 7.31. The molecule has 3 aromatic rings. The molecule has 1 N–H and O–H groups in total. The summed E-state index contributed by atoms with van der Waals surface area (Å²) in [5, 5.41) is 5.99. The normalized spacial score (nSPS) is 12.3. The Morgan fingerprint density at radius 1 is 1.00 bits per heavy atom. The van der Waals surface area contributed by atoms with Gasteiger partial charge in [-0.1, -0.05) is 30.3 Å². The minimum atomic E-state index is 0.267. The average molecular weight is 276 g/mol. The molecule has 0 radical (unpaired) electrons. The van der Waals surface area contributed by atoms with Crippen molar-refractivity contribution in [2.45, 2.75) is 26.8 Å². The van der Waals surface area contributed by atoms with Crippen LogP contribution in [0.3, 0.4) is 0 Å². The quantitative estimate of drug-likeness (QED) is 0.726. The van der Waals surface area contributed by atoms with Crippen molar-refractivity contribution in [3.8, 4) is 0 Å². The molecule has 0 saturated carbocycles. The topological polar surface area (TPSA) is 24.9 Å². The Kier molecular flexibility index (Phi) is 3.61. The Morgan fingerprint density at radius 2 is 1.86 bits per heavy atom. The van der Waals surface area contributed by atoms with Gasteiger partial charge in [0, 0.05) is 34.9 Å². The first-order valence-electron chi connectivity index (χ1n) is 7.31. The van der Waals surface area contributed by atoms with E-state index in [0.29, 0.717) is 0 Å². The van der Waals surface area contributed by atoms with Crippen LogP contribution in [-0.4, -0.2) is 4.98 Å². The van der Waals surface area contributed by atoms with Gasteiger partial charge in [0.15, 0.2) is 0 Å². The lowest BCUT2D eigenvalue weighted by molar-refractivity contribution is 0.883. The Bertz CT molecular complexity index is 772. The van der Waals surface area contributed by atoms with Gasteiger partial charge in [-0.25, -0.2) is 0 Å². The Morgan fingerprint density at radius 3 is 2.67 bits per heavy atom. The zero-order chi connectivity index (χ0) is 14.8. The molecular weight excluding hydrogens is 256 g/mol. The fourth-order valence-electron chi connectivity index (χ4n) is 2.60. The largest absolute Gasteiger partial charge is 0.378 e. The highest BCUT2D eigenvalue weighted by Crippen LogP contribution is 2.27. The van der Waals surface area contributed by atoms with Crippen molar-refractivity contribution in [1.29, 1.82) is 0 Å².